The van der Waals surface area contributed by atoms with Crippen LogP contribution in [0.3, 0.4) is 0 Å². The number of ether oxygens (including phenoxy) is 1. The zero-order valence-electron chi connectivity index (χ0n) is 9.69. The number of nitrogens with zero attached hydrogens (tertiary/aromatic N) is 1. The van der Waals surface area contributed by atoms with Gasteiger partial charge < -0.3 is 4.74 Å². The van der Waals surface area contributed by atoms with Crippen molar-refractivity contribution in [3.8, 4) is 5.75 Å². The zero-order valence-corrected chi connectivity index (χ0v) is 9.69. The van der Waals surface area contributed by atoms with Gasteiger partial charge in [-0.25, -0.2) is 0 Å². The fraction of sp³-hybridized carbons (Fsp3) is 0.571. The molecule has 0 unspecified atom stereocenters. The van der Waals surface area contributed by atoms with Crippen molar-refractivity contribution in [2.24, 2.45) is 0 Å². The van der Waals surface area contributed by atoms with Crippen molar-refractivity contribution in [3.63, 3.8) is 0 Å². The van der Waals surface area contributed by atoms with E-state index in [9.17, 15) is 0 Å². The quantitative estimate of drug-likeness (QED) is 0.716. The molecule has 2 aliphatic rings. The summed E-state index contributed by atoms with van der Waals surface area (Å²) in [6, 6.07) is 9.06. The molecule has 0 bridgehead atoms. The fourth-order valence-electron chi connectivity index (χ4n) is 2.83. The van der Waals surface area contributed by atoms with Gasteiger partial charge >= 0.3 is 0 Å². The van der Waals surface area contributed by atoms with Gasteiger partial charge in [0.2, 0.25) is 0 Å². The number of piperidine rings is 1. The minimum Gasteiger partial charge on any atom is -0.492 e. The maximum atomic E-state index is 5.85. The monoisotopic (exact) mass is 217 g/mol. The van der Waals surface area contributed by atoms with E-state index in [1.165, 1.54) is 37.9 Å². The lowest BCUT2D eigenvalue weighted by Crippen LogP contribution is -2.45. The highest BCUT2D eigenvalue weighted by Crippen LogP contribution is 2.27. The number of hydrogen-bond acceptors (Lipinski definition) is 2. The standard InChI is InChI=1S/C14H19NO/c1-4-8-15(9-5-1)13-10-12-6-2-3-7-14(12)16-11-13/h2-3,6-7,13H,1,4-5,8-11H2/t13-/m0/s1. The summed E-state index contributed by atoms with van der Waals surface area (Å²) in [5.41, 5.74) is 1.38. The fourth-order valence-corrected chi connectivity index (χ4v) is 2.83. The smallest absolute Gasteiger partial charge is 0.122 e. The van der Waals surface area contributed by atoms with Crippen molar-refractivity contribution in [1.29, 1.82) is 0 Å². The minimum absolute atomic E-state index is 0.607. The second kappa shape index (κ2) is 4.46. The summed E-state index contributed by atoms with van der Waals surface area (Å²) in [5.74, 6) is 1.09. The third kappa shape index (κ3) is 1.94. The van der Waals surface area contributed by atoms with Crippen molar-refractivity contribution in [2.45, 2.75) is 31.7 Å². The number of fused-ring (bicyclic) bond motifs is 1. The van der Waals surface area contributed by atoms with Crippen LogP contribution >= 0.6 is 0 Å². The predicted octanol–water partition coefficient (Wildman–Crippen LogP) is 2.48. The van der Waals surface area contributed by atoms with Gasteiger partial charge in [-0.15, -0.1) is 0 Å². The summed E-state index contributed by atoms with van der Waals surface area (Å²) in [4.78, 5) is 2.61. The number of hydrogen-bond donors (Lipinski definition) is 0. The Hall–Kier alpha value is -1.02. The van der Waals surface area contributed by atoms with E-state index in [1.807, 2.05) is 0 Å². The average molecular weight is 217 g/mol. The molecule has 0 spiro atoms. The summed E-state index contributed by atoms with van der Waals surface area (Å²) < 4.78 is 5.85. The Morgan fingerprint density at radius 2 is 1.88 bits per heavy atom. The molecule has 3 rings (SSSR count). The van der Waals surface area contributed by atoms with E-state index >= 15 is 0 Å². The molecule has 0 aliphatic carbocycles. The van der Waals surface area contributed by atoms with Crippen molar-refractivity contribution >= 4 is 0 Å². The molecule has 16 heavy (non-hydrogen) atoms. The van der Waals surface area contributed by atoms with Crippen molar-refractivity contribution in [2.75, 3.05) is 19.7 Å². The van der Waals surface area contributed by atoms with Crippen LogP contribution < -0.4 is 4.74 Å². The van der Waals surface area contributed by atoms with Crippen LogP contribution in [0.15, 0.2) is 24.3 Å². The highest BCUT2D eigenvalue weighted by Gasteiger charge is 2.25. The highest BCUT2D eigenvalue weighted by molar-refractivity contribution is 5.35. The Labute approximate surface area is 97.2 Å². The SMILES string of the molecule is c1ccc2c(c1)C[C@H](N1CCCCC1)CO2. The maximum Gasteiger partial charge on any atom is 0.122 e. The molecule has 1 aromatic rings. The first-order valence-corrected chi connectivity index (χ1v) is 6.38. The highest BCUT2D eigenvalue weighted by atomic mass is 16.5. The van der Waals surface area contributed by atoms with Gasteiger partial charge in [-0.2, -0.15) is 0 Å². The first-order valence-electron chi connectivity index (χ1n) is 6.38. The lowest BCUT2D eigenvalue weighted by molar-refractivity contribution is 0.101. The molecular formula is C14H19NO. The number of benzene rings is 1. The zero-order chi connectivity index (χ0) is 10.8. The number of rotatable bonds is 1. The molecule has 0 amide bonds. The van der Waals surface area contributed by atoms with Gasteiger partial charge in [0.25, 0.3) is 0 Å². The van der Waals surface area contributed by atoms with Gasteiger partial charge in [-0.3, -0.25) is 4.90 Å². The molecule has 2 aliphatic heterocycles. The minimum atomic E-state index is 0.607. The van der Waals surface area contributed by atoms with E-state index in [4.69, 9.17) is 4.74 Å². The van der Waals surface area contributed by atoms with Crippen molar-refractivity contribution in [3.05, 3.63) is 29.8 Å². The number of likely N-dealkylation sites (tertiary alicyclic amines) is 1. The summed E-state index contributed by atoms with van der Waals surface area (Å²) in [7, 11) is 0. The van der Waals surface area contributed by atoms with Crippen LogP contribution in [0.1, 0.15) is 24.8 Å². The van der Waals surface area contributed by atoms with Gasteiger partial charge in [0.05, 0.1) is 0 Å². The summed E-state index contributed by atoms with van der Waals surface area (Å²) in [5, 5.41) is 0. The molecular weight excluding hydrogens is 198 g/mol. The summed E-state index contributed by atoms with van der Waals surface area (Å²) in [6.45, 7) is 3.39. The average Bonchev–Trinajstić information content (AvgIpc) is 2.39. The Kier molecular flexibility index (Phi) is 2.83. The van der Waals surface area contributed by atoms with Crippen molar-refractivity contribution < 1.29 is 4.74 Å². The third-order valence-electron chi connectivity index (χ3n) is 3.77. The molecule has 0 N–H and O–H groups in total. The molecule has 0 saturated carbocycles. The van der Waals surface area contributed by atoms with Crippen LogP contribution in [0.25, 0.3) is 0 Å². The van der Waals surface area contributed by atoms with Crippen LogP contribution in [0, 0.1) is 0 Å². The molecule has 2 heteroatoms. The van der Waals surface area contributed by atoms with Gasteiger partial charge in [0.15, 0.2) is 0 Å². The normalized spacial score (nSPS) is 25.9. The third-order valence-corrected chi connectivity index (χ3v) is 3.77. The molecule has 1 saturated heterocycles. The maximum absolute atomic E-state index is 5.85. The van der Waals surface area contributed by atoms with Crippen LogP contribution in [0.2, 0.25) is 0 Å². The van der Waals surface area contributed by atoms with Crippen LogP contribution in [-0.4, -0.2) is 30.6 Å². The first-order chi connectivity index (χ1) is 7.93. The summed E-state index contributed by atoms with van der Waals surface area (Å²) >= 11 is 0. The second-order valence-corrected chi connectivity index (χ2v) is 4.87. The molecule has 2 heterocycles. The van der Waals surface area contributed by atoms with Crippen molar-refractivity contribution in [1.82, 2.24) is 4.90 Å². The van der Waals surface area contributed by atoms with Crippen LogP contribution in [0.4, 0.5) is 0 Å². The van der Waals surface area contributed by atoms with E-state index < -0.39 is 0 Å². The second-order valence-electron chi connectivity index (χ2n) is 4.87. The Morgan fingerprint density at radius 3 is 2.75 bits per heavy atom. The summed E-state index contributed by atoms with van der Waals surface area (Å²) in [6.07, 6.45) is 5.28. The molecule has 2 nitrogen and oxygen atoms in total. The Morgan fingerprint density at radius 1 is 1.06 bits per heavy atom. The van der Waals surface area contributed by atoms with E-state index in [0.29, 0.717) is 6.04 Å². The van der Waals surface area contributed by atoms with E-state index in [1.54, 1.807) is 0 Å². The Bertz CT molecular complexity index is 358. The molecule has 86 valence electrons. The predicted molar refractivity (Wildman–Crippen MR) is 64.9 cm³/mol. The van der Waals surface area contributed by atoms with Gasteiger partial charge in [0.1, 0.15) is 12.4 Å². The van der Waals surface area contributed by atoms with E-state index in [2.05, 4.69) is 29.2 Å². The molecule has 0 aromatic heterocycles. The lowest BCUT2D eigenvalue weighted by Gasteiger charge is -2.37. The van der Waals surface area contributed by atoms with Gasteiger partial charge in [-0.1, -0.05) is 24.6 Å². The van der Waals surface area contributed by atoms with Crippen LogP contribution in [0.5, 0.6) is 5.75 Å². The van der Waals surface area contributed by atoms with Gasteiger partial charge in [-0.05, 0) is 44.0 Å². The molecule has 1 atom stereocenters. The first kappa shape index (κ1) is 10.2. The lowest BCUT2D eigenvalue weighted by atomic mass is 9.99. The Balaban J connectivity index is 1.72. The molecule has 0 radical (unpaired) electrons. The number of para-hydroxylation sites is 1. The van der Waals surface area contributed by atoms with Crippen LogP contribution in [-0.2, 0) is 6.42 Å². The molecule has 1 aromatic carbocycles. The topological polar surface area (TPSA) is 12.5 Å². The molecule has 1 fully saturated rings. The van der Waals surface area contributed by atoms with Gasteiger partial charge in [0, 0.05) is 6.04 Å². The largest absolute Gasteiger partial charge is 0.492 e. The van der Waals surface area contributed by atoms with E-state index in [-0.39, 0.29) is 0 Å². The van der Waals surface area contributed by atoms with E-state index in [0.717, 1.165) is 18.8 Å².